The number of nitrogens with zero attached hydrogens (tertiary/aromatic N) is 3. The zero-order chi connectivity index (χ0) is 19.5. The Morgan fingerprint density at radius 2 is 2.04 bits per heavy atom. The lowest BCUT2D eigenvalue weighted by atomic mass is 9.97. The third-order valence-electron chi connectivity index (χ3n) is 5.31. The Morgan fingerprint density at radius 1 is 1.25 bits per heavy atom. The topological polar surface area (TPSA) is 97.1 Å². The largest absolute Gasteiger partial charge is 0.335 e. The average molecular weight is 375 g/mol. The maximum absolute atomic E-state index is 12.4. The lowest BCUT2D eigenvalue weighted by Gasteiger charge is -2.35. The molecule has 2 aromatic rings. The number of likely N-dealkylation sites (tertiary alicyclic amines) is 1. The SMILES string of the molecule is CN1CC[C@@H](NC(=O)Nc2ccc(C#N)cc2)C[C@@H]1C1=Nc2ccccc2[NH2+]1. The van der Waals surface area contributed by atoms with E-state index in [0.29, 0.717) is 11.3 Å². The molecule has 7 heteroatoms. The summed E-state index contributed by atoms with van der Waals surface area (Å²) < 4.78 is 0. The van der Waals surface area contributed by atoms with Gasteiger partial charge in [-0.2, -0.15) is 10.3 Å². The number of benzene rings is 2. The number of aliphatic imine (C=N–C) groups is 1. The van der Waals surface area contributed by atoms with Gasteiger partial charge < -0.3 is 10.6 Å². The van der Waals surface area contributed by atoms with Crippen molar-refractivity contribution in [3.8, 4) is 6.07 Å². The van der Waals surface area contributed by atoms with Gasteiger partial charge in [0.05, 0.1) is 11.6 Å². The van der Waals surface area contributed by atoms with E-state index in [0.717, 1.165) is 36.6 Å². The van der Waals surface area contributed by atoms with Crippen LogP contribution in [0.5, 0.6) is 0 Å². The number of piperidine rings is 1. The number of rotatable bonds is 3. The number of para-hydroxylation sites is 2. The number of anilines is 1. The number of quaternary nitrogens is 1. The first-order valence-corrected chi connectivity index (χ1v) is 9.42. The van der Waals surface area contributed by atoms with Crippen LogP contribution in [0.25, 0.3) is 0 Å². The number of amidine groups is 1. The Morgan fingerprint density at radius 3 is 2.79 bits per heavy atom. The van der Waals surface area contributed by atoms with Crippen LogP contribution in [-0.4, -0.2) is 42.4 Å². The number of urea groups is 1. The highest BCUT2D eigenvalue weighted by Crippen LogP contribution is 2.26. The summed E-state index contributed by atoms with van der Waals surface area (Å²) in [6.45, 7) is 0.898. The first kappa shape index (κ1) is 18.2. The van der Waals surface area contributed by atoms with Crippen molar-refractivity contribution in [3.05, 3.63) is 54.1 Å². The number of nitrogens with two attached hydrogens (primary N) is 1. The summed E-state index contributed by atoms with van der Waals surface area (Å²) in [4.78, 5) is 19.5. The molecule has 4 rings (SSSR count). The Balaban J connectivity index is 1.37. The van der Waals surface area contributed by atoms with Crippen LogP contribution in [0.15, 0.2) is 53.5 Å². The van der Waals surface area contributed by atoms with E-state index in [2.05, 4.69) is 40.0 Å². The van der Waals surface area contributed by atoms with Gasteiger partial charge in [0, 0.05) is 24.3 Å². The highest BCUT2D eigenvalue weighted by Gasteiger charge is 2.35. The molecular weight excluding hydrogens is 352 g/mol. The van der Waals surface area contributed by atoms with Crippen molar-refractivity contribution in [2.45, 2.75) is 24.9 Å². The molecule has 2 heterocycles. The number of nitriles is 1. The minimum absolute atomic E-state index is 0.0828. The minimum Gasteiger partial charge on any atom is -0.335 e. The maximum atomic E-state index is 12.4. The number of hydrogen-bond acceptors (Lipinski definition) is 4. The molecule has 0 unspecified atom stereocenters. The van der Waals surface area contributed by atoms with E-state index in [1.165, 1.54) is 0 Å². The predicted octanol–water partition coefficient (Wildman–Crippen LogP) is 2.08. The fourth-order valence-corrected chi connectivity index (χ4v) is 3.75. The molecule has 4 N–H and O–H groups in total. The van der Waals surface area contributed by atoms with Gasteiger partial charge in [-0.1, -0.05) is 12.1 Å². The molecule has 2 aliphatic rings. The Bertz CT molecular complexity index is 946. The molecule has 2 aliphatic heterocycles. The molecule has 1 fully saturated rings. The number of fused-ring (bicyclic) bond motifs is 1. The smallest absolute Gasteiger partial charge is 0.319 e. The monoisotopic (exact) mass is 375 g/mol. The van der Waals surface area contributed by atoms with E-state index >= 15 is 0 Å². The molecule has 0 aliphatic carbocycles. The lowest BCUT2D eigenvalue weighted by Crippen LogP contribution is -2.85. The second-order valence-corrected chi connectivity index (χ2v) is 7.25. The third kappa shape index (κ3) is 3.88. The summed E-state index contributed by atoms with van der Waals surface area (Å²) in [7, 11) is 2.11. The van der Waals surface area contributed by atoms with E-state index in [1.807, 2.05) is 18.2 Å². The Labute approximate surface area is 164 Å². The van der Waals surface area contributed by atoms with Gasteiger partial charge in [0.25, 0.3) is 0 Å². The van der Waals surface area contributed by atoms with Crippen molar-refractivity contribution in [1.82, 2.24) is 10.2 Å². The second-order valence-electron chi connectivity index (χ2n) is 7.25. The fraction of sp³-hybridized carbons (Fsp3) is 0.286. The van der Waals surface area contributed by atoms with E-state index in [4.69, 9.17) is 10.3 Å². The van der Waals surface area contributed by atoms with Gasteiger partial charge in [0.15, 0.2) is 5.69 Å². The van der Waals surface area contributed by atoms with E-state index < -0.39 is 0 Å². The van der Waals surface area contributed by atoms with Crippen molar-refractivity contribution < 1.29 is 10.1 Å². The van der Waals surface area contributed by atoms with Gasteiger partial charge in [0.2, 0.25) is 5.84 Å². The second kappa shape index (κ2) is 7.80. The zero-order valence-electron chi connectivity index (χ0n) is 15.7. The van der Waals surface area contributed by atoms with Gasteiger partial charge in [-0.3, -0.25) is 10.2 Å². The Kier molecular flexibility index (Phi) is 5.06. The summed E-state index contributed by atoms with van der Waals surface area (Å²) in [5, 5.41) is 16.9. The van der Waals surface area contributed by atoms with Crippen LogP contribution in [0, 0.1) is 11.3 Å². The highest BCUT2D eigenvalue weighted by atomic mass is 16.2. The van der Waals surface area contributed by atoms with Crippen molar-refractivity contribution in [1.29, 1.82) is 5.26 Å². The van der Waals surface area contributed by atoms with Crippen LogP contribution < -0.4 is 16.0 Å². The van der Waals surface area contributed by atoms with Crippen molar-refractivity contribution in [3.63, 3.8) is 0 Å². The van der Waals surface area contributed by atoms with E-state index in [9.17, 15) is 4.79 Å². The number of amides is 2. The van der Waals surface area contributed by atoms with Gasteiger partial charge >= 0.3 is 6.03 Å². The molecular formula is C21H23N6O+. The van der Waals surface area contributed by atoms with Crippen LogP contribution >= 0.6 is 0 Å². The van der Waals surface area contributed by atoms with Crippen molar-refractivity contribution in [2.75, 3.05) is 18.9 Å². The zero-order valence-corrected chi connectivity index (χ0v) is 15.7. The van der Waals surface area contributed by atoms with Crippen molar-refractivity contribution >= 4 is 28.9 Å². The summed E-state index contributed by atoms with van der Waals surface area (Å²) in [5.74, 6) is 1.06. The van der Waals surface area contributed by atoms with Crippen LogP contribution in [0.2, 0.25) is 0 Å². The fourth-order valence-electron chi connectivity index (χ4n) is 3.75. The molecule has 2 aromatic carbocycles. The van der Waals surface area contributed by atoms with Crippen LogP contribution in [0.3, 0.4) is 0 Å². The summed E-state index contributed by atoms with van der Waals surface area (Å²) in [5.41, 5.74) is 3.41. The summed E-state index contributed by atoms with van der Waals surface area (Å²) >= 11 is 0. The summed E-state index contributed by atoms with van der Waals surface area (Å²) in [6.07, 6.45) is 1.72. The Hall–Kier alpha value is -3.21. The maximum Gasteiger partial charge on any atom is 0.319 e. The van der Waals surface area contributed by atoms with Gasteiger partial charge in [-0.05, 0) is 50.2 Å². The number of carbonyl (C=O) groups is 1. The number of hydrogen-bond donors (Lipinski definition) is 3. The molecule has 7 nitrogen and oxygen atoms in total. The lowest BCUT2D eigenvalue weighted by molar-refractivity contribution is -0.444. The molecule has 28 heavy (non-hydrogen) atoms. The standard InChI is InChI=1S/C21H22N6O/c1-27-11-10-16(24-21(28)23-15-8-6-14(13-22)7-9-15)12-19(27)20-25-17-4-2-3-5-18(17)26-20/h2-9,16,19H,10-12H2,1H3,(H,25,26)(H2,23,24,28)/p+1/t16-,19-/m1/s1. The first-order valence-electron chi connectivity index (χ1n) is 9.42. The average Bonchev–Trinajstić information content (AvgIpc) is 3.14. The van der Waals surface area contributed by atoms with Crippen LogP contribution in [0.1, 0.15) is 18.4 Å². The number of nitrogens with one attached hydrogen (secondary N) is 2. The minimum atomic E-state index is -0.223. The van der Waals surface area contributed by atoms with Gasteiger partial charge in [0.1, 0.15) is 11.7 Å². The van der Waals surface area contributed by atoms with Gasteiger partial charge in [-0.25, -0.2) is 4.79 Å². The predicted molar refractivity (Wildman–Crippen MR) is 108 cm³/mol. The molecule has 2 amide bonds. The third-order valence-corrected chi connectivity index (χ3v) is 5.31. The van der Waals surface area contributed by atoms with E-state index in [1.54, 1.807) is 24.3 Å². The van der Waals surface area contributed by atoms with E-state index in [-0.39, 0.29) is 18.1 Å². The quantitative estimate of drug-likeness (QED) is 0.717. The molecule has 0 aromatic heterocycles. The first-order chi connectivity index (χ1) is 13.6. The molecule has 1 saturated heterocycles. The molecule has 0 radical (unpaired) electrons. The molecule has 0 saturated carbocycles. The summed E-state index contributed by atoms with van der Waals surface area (Å²) in [6, 6.07) is 17.1. The number of carbonyl (C=O) groups excluding carboxylic acids is 1. The molecule has 0 spiro atoms. The molecule has 142 valence electrons. The van der Waals surface area contributed by atoms with Crippen molar-refractivity contribution in [2.24, 2.45) is 4.99 Å². The number of likely N-dealkylation sites (N-methyl/N-ethyl adjacent to an activating group) is 1. The normalized spacial score (nSPS) is 21.4. The molecule has 2 atom stereocenters. The molecule has 0 bridgehead atoms. The van der Waals surface area contributed by atoms with Crippen LogP contribution in [-0.2, 0) is 0 Å². The van der Waals surface area contributed by atoms with Gasteiger partial charge in [-0.15, -0.1) is 0 Å². The highest BCUT2D eigenvalue weighted by molar-refractivity contribution is 5.90. The van der Waals surface area contributed by atoms with Crippen LogP contribution in [0.4, 0.5) is 21.9 Å².